The zero-order valence-corrected chi connectivity index (χ0v) is 11.7. The Kier molecular flexibility index (Phi) is 7.20. The number of nitrogens with one attached hydrogen (secondary N) is 1. The van der Waals surface area contributed by atoms with Gasteiger partial charge in [-0.05, 0) is 45.8 Å². The molecular weight excluding hydrogens is 184 g/mol. The summed E-state index contributed by atoms with van der Waals surface area (Å²) in [5.74, 6) is 1.47. The highest BCUT2D eigenvalue weighted by molar-refractivity contribution is 4.75. The molecule has 0 saturated heterocycles. The van der Waals surface area contributed by atoms with E-state index >= 15 is 0 Å². The van der Waals surface area contributed by atoms with Crippen molar-refractivity contribution in [2.75, 3.05) is 21.1 Å². The van der Waals surface area contributed by atoms with Gasteiger partial charge in [-0.2, -0.15) is 0 Å². The Labute approximate surface area is 96.4 Å². The Morgan fingerprint density at radius 3 is 1.73 bits per heavy atom. The minimum Gasteiger partial charge on any atom is -0.317 e. The van der Waals surface area contributed by atoms with Gasteiger partial charge in [-0.15, -0.1) is 0 Å². The van der Waals surface area contributed by atoms with Crippen LogP contribution < -0.4 is 5.32 Å². The van der Waals surface area contributed by atoms with E-state index in [2.05, 4.69) is 59.1 Å². The third-order valence-electron chi connectivity index (χ3n) is 3.38. The first-order valence-electron chi connectivity index (χ1n) is 6.23. The molecule has 0 aliphatic carbocycles. The summed E-state index contributed by atoms with van der Waals surface area (Å²) < 4.78 is 0. The van der Waals surface area contributed by atoms with E-state index in [4.69, 9.17) is 0 Å². The summed E-state index contributed by atoms with van der Waals surface area (Å²) in [4.78, 5) is 2.36. The average Bonchev–Trinajstić information content (AvgIpc) is 2.10. The molecule has 0 heterocycles. The number of hydrogen-bond donors (Lipinski definition) is 1. The van der Waals surface area contributed by atoms with Crippen LogP contribution in [-0.4, -0.2) is 38.1 Å². The van der Waals surface area contributed by atoms with Gasteiger partial charge in [0, 0.05) is 12.1 Å². The number of hydrogen-bond acceptors (Lipinski definition) is 2. The van der Waals surface area contributed by atoms with Crippen LogP contribution in [0.2, 0.25) is 0 Å². The van der Waals surface area contributed by atoms with Crippen molar-refractivity contribution in [2.24, 2.45) is 11.8 Å². The van der Waals surface area contributed by atoms with Crippen LogP contribution in [0.4, 0.5) is 0 Å². The normalized spacial score (nSPS) is 16.4. The molecule has 0 aliphatic rings. The predicted octanol–water partition coefficient (Wildman–Crippen LogP) is 2.60. The van der Waals surface area contributed by atoms with Crippen LogP contribution in [0.1, 0.15) is 40.5 Å². The van der Waals surface area contributed by atoms with Crippen molar-refractivity contribution in [1.29, 1.82) is 0 Å². The molecule has 2 heteroatoms. The van der Waals surface area contributed by atoms with E-state index in [-0.39, 0.29) is 0 Å². The van der Waals surface area contributed by atoms with Gasteiger partial charge >= 0.3 is 0 Å². The lowest BCUT2D eigenvalue weighted by Crippen LogP contribution is -2.37. The van der Waals surface area contributed by atoms with Crippen molar-refractivity contribution in [1.82, 2.24) is 10.2 Å². The van der Waals surface area contributed by atoms with E-state index in [0.717, 1.165) is 11.8 Å². The number of rotatable bonds is 7. The first-order valence-corrected chi connectivity index (χ1v) is 6.23. The molecule has 15 heavy (non-hydrogen) atoms. The SMILES string of the molecule is CNC(CCC(C(C)C)N(C)C)C(C)C. The quantitative estimate of drug-likeness (QED) is 0.701. The summed E-state index contributed by atoms with van der Waals surface area (Å²) in [6, 6.07) is 1.37. The molecular formula is C13H30N2. The van der Waals surface area contributed by atoms with Gasteiger partial charge in [0.05, 0.1) is 0 Å². The summed E-state index contributed by atoms with van der Waals surface area (Å²) in [6.07, 6.45) is 2.56. The highest BCUT2D eigenvalue weighted by atomic mass is 15.1. The van der Waals surface area contributed by atoms with E-state index in [1.807, 2.05) is 0 Å². The fourth-order valence-electron chi connectivity index (χ4n) is 2.35. The summed E-state index contributed by atoms with van der Waals surface area (Å²) in [5.41, 5.74) is 0. The van der Waals surface area contributed by atoms with Gasteiger partial charge in [-0.3, -0.25) is 0 Å². The van der Waals surface area contributed by atoms with Crippen LogP contribution in [0.5, 0.6) is 0 Å². The lowest BCUT2D eigenvalue weighted by Gasteiger charge is -2.30. The van der Waals surface area contributed by atoms with Gasteiger partial charge in [-0.1, -0.05) is 27.7 Å². The second-order valence-electron chi connectivity index (χ2n) is 5.49. The monoisotopic (exact) mass is 214 g/mol. The van der Waals surface area contributed by atoms with E-state index in [9.17, 15) is 0 Å². The minimum atomic E-state index is 0.659. The Morgan fingerprint density at radius 1 is 0.933 bits per heavy atom. The molecule has 0 saturated carbocycles. The molecule has 2 unspecified atom stereocenters. The largest absolute Gasteiger partial charge is 0.317 e. The van der Waals surface area contributed by atoms with Crippen LogP contribution in [0.3, 0.4) is 0 Å². The second kappa shape index (κ2) is 7.24. The van der Waals surface area contributed by atoms with Crippen molar-refractivity contribution in [3.63, 3.8) is 0 Å². The molecule has 2 atom stereocenters. The van der Waals surface area contributed by atoms with Gasteiger partial charge in [0.25, 0.3) is 0 Å². The van der Waals surface area contributed by atoms with Gasteiger partial charge in [-0.25, -0.2) is 0 Å². The van der Waals surface area contributed by atoms with Crippen LogP contribution >= 0.6 is 0 Å². The van der Waals surface area contributed by atoms with Gasteiger partial charge in [0.15, 0.2) is 0 Å². The fourth-order valence-corrected chi connectivity index (χ4v) is 2.35. The highest BCUT2D eigenvalue weighted by Crippen LogP contribution is 2.17. The van der Waals surface area contributed by atoms with Crippen molar-refractivity contribution < 1.29 is 0 Å². The summed E-state index contributed by atoms with van der Waals surface area (Å²) in [6.45, 7) is 9.21. The van der Waals surface area contributed by atoms with E-state index < -0.39 is 0 Å². The second-order valence-corrected chi connectivity index (χ2v) is 5.49. The van der Waals surface area contributed by atoms with E-state index in [0.29, 0.717) is 12.1 Å². The molecule has 0 spiro atoms. The topological polar surface area (TPSA) is 15.3 Å². The molecule has 0 fully saturated rings. The maximum absolute atomic E-state index is 3.42. The standard InChI is InChI=1S/C13H30N2/c1-10(2)12(14-5)8-9-13(11(3)4)15(6)7/h10-14H,8-9H2,1-7H3. The predicted molar refractivity (Wildman–Crippen MR) is 69.2 cm³/mol. The third kappa shape index (κ3) is 5.53. The molecule has 0 radical (unpaired) electrons. The van der Waals surface area contributed by atoms with Gasteiger partial charge in [0.2, 0.25) is 0 Å². The Balaban J connectivity index is 4.08. The van der Waals surface area contributed by atoms with Crippen molar-refractivity contribution in [3.8, 4) is 0 Å². The lowest BCUT2D eigenvalue weighted by atomic mass is 9.92. The zero-order chi connectivity index (χ0) is 12.0. The number of nitrogens with zero attached hydrogens (tertiary/aromatic N) is 1. The Hall–Kier alpha value is -0.0800. The van der Waals surface area contributed by atoms with Crippen LogP contribution in [0.15, 0.2) is 0 Å². The zero-order valence-electron chi connectivity index (χ0n) is 11.7. The molecule has 0 aromatic rings. The van der Waals surface area contributed by atoms with Crippen molar-refractivity contribution in [3.05, 3.63) is 0 Å². The smallest absolute Gasteiger partial charge is 0.0113 e. The molecule has 92 valence electrons. The molecule has 1 N–H and O–H groups in total. The molecule has 0 rings (SSSR count). The van der Waals surface area contributed by atoms with Crippen LogP contribution in [0, 0.1) is 11.8 Å². The van der Waals surface area contributed by atoms with Crippen LogP contribution in [0.25, 0.3) is 0 Å². The minimum absolute atomic E-state index is 0.659. The van der Waals surface area contributed by atoms with Gasteiger partial charge in [0.1, 0.15) is 0 Å². The summed E-state index contributed by atoms with van der Waals surface area (Å²) >= 11 is 0. The molecule has 0 bridgehead atoms. The fraction of sp³-hybridized carbons (Fsp3) is 1.00. The van der Waals surface area contributed by atoms with E-state index in [1.165, 1.54) is 12.8 Å². The van der Waals surface area contributed by atoms with Crippen LogP contribution in [-0.2, 0) is 0 Å². The maximum Gasteiger partial charge on any atom is 0.0113 e. The highest BCUT2D eigenvalue weighted by Gasteiger charge is 2.18. The van der Waals surface area contributed by atoms with Gasteiger partial charge < -0.3 is 10.2 Å². The lowest BCUT2D eigenvalue weighted by molar-refractivity contribution is 0.203. The average molecular weight is 214 g/mol. The maximum atomic E-state index is 3.42. The first kappa shape index (κ1) is 14.9. The molecule has 0 aliphatic heterocycles. The molecule has 0 amide bonds. The molecule has 0 aromatic carbocycles. The van der Waals surface area contributed by atoms with Crippen molar-refractivity contribution >= 4 is 0 Å². The van der Waals surface area contributed by atoms with E-state index in [1.54, 1.807) is 0 Å². The Bertz CT molecular complexity index is 145. The summed E-state index contributed by atoms with van der Waals surface area (Å²) in [5, 5.41) is 3.42. The van der Waals surface area contributed by atoms with Crippen molar-refractivity contribution in [2.45, 2.75) is 52.6 Å². The third-order valence-corrected chi connectivity index (χ3v) is 3.38. The molecule has 2 nitrogen and oxygen atoms in total. The Morgan fingerprint density at radius 2 is 1.47 bits per heavy atom. The summed E-state index contributed by atoms with van der Waals surface area (Å²) in [7, 11) is 6.45. The first-order chi connectivity index (χ1) is 6.90. The molecule has 0 aromatic heterocycles.